The van der Waals surface area contributed by atoms with Crippen molar-refractivity contribution in [3.63, 3.8) is 0 Å². The zero-order chi connectivity index (χ0) is 16.6. The van der Waals surface area contributed by atoms with E-state index in [4.69, 9.17) is 0 Å². The number of nitrogens with one attached hydrogen (secondary N) is 1. The van der Waals surface area contributed by atoms with Gasteiger partial charge in [-0.1, -0.05) is 48.5 Å². The third-order valence-corrected chi connectivity index (χ3v) is 4.76. The number of carbonyl (C=O) groups excluding carboxylic acids is 1. The molecule has 1 aliphatic rings. The van der Waals surface area contributed by atoms with Crippen molar-refractivity contribution in [3.8, 4) is 0 Å². The van der Waals surface area contributed by atoms with Gasteiger partial charge in [0, 0.05) is 18.7 Å². The Bertz CT molecular complexity index is 627. The molecule has 0 aromatic heterocycles. The van der Waals surface area contributed by atoms with E-state index in [-0.39, 0.29) is 18.3 Å². The number of amides is 1. The number of nitrogens with zero attached hydrogens (tertiary/aromatic N) is 1. The molecule has 1 amide bonds. The summed E-state index contributed by atoms with van der Waals surface area (Å²) in [7, 11) is 0. The van der Waals surface area contributed by atoms with Crippen molar-refractivity contribution in [3.05, 3.63) is 66.2 Å². The first kappa shape index (κ1) is 19.5. The van der Waals surface area contributed by atoms with Gasteiger partial charge in [-0.3, -0.25) is 4.79 Å². The van der Waals surface area contributed by atoms with Gasteiger partial charge in [-0.25, -0.2) is 0 Å². The number of anilines is 1. The van der Waals surface area contributed by atoms with Gasteiger partial charge in [0.2, 0.25) is 5.91 Å². The molecule has 1 N–H and O–H groups in total. The van der Waals surface area contributed by atoms with Crippen molar-refractivity contribution < 1.29 is 4.79 Å². The average molecular weight is 359 g/mol. The Hall–Kier alpha value is -1.84. The summed E-state index contributed by atoms with van der Waals surface area (Å²) < 4.78 is 0. The van der Waals surface area contributed by atoms with E-state index in [2.05, 4.69) is 29.6 Å². The van der Waals surface area contributed by atoms with E-state index in [0.29, 0.717) is 12.3 Å². The van der Waals surface area contributed by atoms with Crippen LogP contribution in [0.3, 0.4) is 0 Å². The van der Waals surface area contributed by atoms with Gasteiger partial charge in [0.25, 0.3) is 0 Å². The van der Waals surface area contributed by atoms with Crippen LogP contribution in [0.2, 0.25) is 0 Å². The summed E-state index contributed by atoms with van der Waals surface area (Å²) in [5, 5.41) is 3.38. The summed E-state index contributed by atoms with van der Waals surface area (Å²) >= 11 is 0. The highest BCUT2D eigenvalue weighted by Crippen LogP contribution is 2.19. The fourth-order valence-corrected chi connectivity index (χ4v) is 3.31. The van der Waals surface area contributed by atoms with E-state index in [0.717, 1.165) is 38.2 Å². The molecule has 1 aliphatic heterocycles. The number of rotatable bonds is 7. The Kier molecular flexibility index (Phi) is 7.96. The Morgan fingerprint density at radius 3 is 2.36 bits per heavy atom. The first-order valence-electron chi connectivity index (χ1n) is 8.93. The van der Waals surface area contributed by atoms with Crippen LogP contribution in [0.25, 0.3) is 0 Å². The lowest BCUT2D eigenvalue weighted by atomic mass is 10.0. The predicted octanol–water partition coefficient (Wildman–Crippen LogP) is 4.07. The molecule has 3 nitrogen and oxygen atoms in total. The third-order valence-electron chi connectivity index (χ3n) is 4.76. The number of hydrogen-bond donors (Lipinski definition) is 1. The van der Waals surface area contributed by atoms with Crippen LogP contribution in [-0.4, -0.2) is 25.5 Å². The van der Waals surface area contributed by atoms with Gasteiger partial charge < -0.3 is 10.2 Å². The molecule has 0 radical (unpaired) electrons. The Labute approximate surface area is 156 Å². The summed E-state index contributed by atoms with van der Waals surface area (Å²) in [6.45, 7) is 2.88. The number of hydrogen-bond acceptors (Lipinski definition) is 2. The molecule has 25 heavy (non-hydrogen) atoms. The molecule has 0 saturated carbocycles. The maximum atomic E-state index is 12.8. The maximum Gasteiger partial charge on any atom is 0.226 e. The molecule has 1 atom stereocenters. The zero-order valence-electron chi connectivity index (χ0n) is 14.6. The van der Waals surface area contributed by atoms with Crippen molar-refractivity contribution in [2.24, 2.45) is 5.92 Å². The van der Waals surface area contributed by atoms with Gasteiger partial charge in [0.1, 0.15) is 0 Å². The first-order chi connectivity index (χ1) is 11.8. The summed E-state index contributed by atoms with van der Waals surface area (Å²) in [6, 6.07) is 20.4. The number of para-hydroxylation sites is 1. The van der Waals surface area contributed by atoms with Crippen molar-refractivity contribution in [2.45, 2.75) is 25.7 Å². The highest BCUT2D eigenvalue weighted by molar-refractivity contribution is 5.93. The number of benzene rings is 2. The van der Waals surface area contributed by atoms with Crippen molar-refractivity contribution >= 4 is 24.0 Å². The van der Waals surface area contributed by atoms with Crippen molar-refractivity contribution in [1.82, 2.24) is 5.32 Å². The standard InChI is InChI=1S/C21H26N2O.ClH/c24-21(12-11-19-13-15-22-17-19)23(20-9-5-2-6-10-20)16-14-18-7-3-1-4-8-18;/h1-10,19,22H,11-17H2;1H. The minimum Gasteiger partial charge on any atom is -0.316 e. The van der Waals surface area contributed by atoms with Gasteiger partial charge in [-0.2, -0.15) is 0 Å². The lowest BCUT2D eigenvalue weighted by molar-refractivity contribution is -0.118. The second-order valence-corrected chi connectivity index (χ2v) is 6.51. The lowest BCUT2D eigenvalue weighted by Gasteiger charge is -2.23. The van der Waals surface area contributed by atoms with E-state index in [1.165, 1.54) is 12.0 Å². The lowest BCUT2D eigenvalue weighted by Crippen LogP contribution is -2.33. The van der Waals surface area contributed by atoms with Crippen LogP contribution >= 0.6 is 12.4 Å². The van der Waals surface area contributed by atoms with Crippen LogP contribution in [0.4, 0.5) is 5.69 Å². The van der Waals surface area contributed by atoms with Crippen LogP contribution < -0.4 is 10.2 Å². The Morgan fingerprint density at radius 2 is 1.72 bits per heavy atom. The zero-order valence-corrected chi connectivity index (χ0v) is 15.4. The molecule has 1 saturated heterocycles. The SMILES string of the molecule is Cl.O=C(CCC1CCNC1)N(CCc1ccccc1)c1ccccc1. The Morgan fingerprint density at radius 1 is 1.04 bits per heavy atom. The summed E-state index contributed by atoms with van der Waals surface area (Å²) in [5.74, 6) is 0.893. The third kappa shape index (κ3) is 5.87. The monoisotopic (exact) mass is 358 g/mol. The quantitative estimate of drug-likeness (QED) is 0.809. The molecule has 0 spiro atoms. The van der Waals surface area contributed by atoms with Gasteiger partial charge in [-0.05, 0) is 56.0 Å². The molecule has 1 unspecified atom stereocenters. The summed E-state index contributed by atoms with van der Waals surface area (Å²) in [5.41, 5.74) is 2.27. The summed E-state index contributed by atoms with van der Waals surface area (Å²) in [6.07, 6.45) is 3.70. The van der Waals surface area contributed by atoms with Crippen LogP contribution in [0.15, 0.2) is 60.7 Å². The van der Waals surface area contributed by atoms with E-state index < -0.39 is 0 Å². The van der Waals surface area contributed by atoms with E-state index in [1.54, 1.807) is 0 Å². The molecule has 1 fully saturated rings. The molecule has 0 bridgehead atoms. The highest BCUT2D eigenvalue weighted by Gasteiger charge is 2.19. The van der Waals surface area contributed by atoms with Crippen LogP contribution in [0.1, 0.15) is 24.8 Å². The van der Waals surface area contributed by atoms with E-state index in [9.17, 15) is 4.79 Å². The molecule has 2 aromatic carbocycles. The van der Waals surface area contributed by atoms with Crippen LogP contribution in [0, 0.1) is 5.92 Å². The second-order valence-electron chi connectivity index (χ2n) is 6.51. The predicted molar refractivity (Wildman–Crippen MR) is 106 cm³/mol. The molecular weight excluding hydrogens is 332 g/mol. The van der Waals surface area contributed by atoms with Crippen molar-refractivity contribution in [1.29, 1.82) is 0 Å². The average Bonchev–Trinajstić information content (AvgIpc) is 3.15. The summed E-state index contributed by atoms with van der Waals surface area (Å²) in [4.78, 5) is 14.8. The fourth-order valence-electron chi connectivity index (χ4n) is 3.31. The Balaban J connectivity index is 0.00000225. The smallest absolute Gasteiger partial charge is 0.226 e. The molecule has 2 aromatic rings. The number of halogens is 1. The maximum absolute atomic E-state index is 12.8. The molecule has 0 aliphatic carbocycles. The number of carbonyl (C=O) groups is 1. The van der Waals surface area contributed by atoms with Gasteiger partial charge in [0.05, 0.1) is 0 Å². The van der Waals surface area contributed by atoms with Gasteiger partial charge in [0.15, 0.2) is 0 Å². The normalized spacial score (nSPS) is 16.2. The molecular formula is C21H27ClN2O. The molecule has 1 heterocycles. The fraction of sp³-hybridized carbons (Fsp3) is 0.381. The topological polar surface area (TPSA) is 32.3 Å². The minimum atomic E-state index is 0. The van der Waals surface area contributed by atoms with Gasteiger partial charge >= 0.3 is 0 Å². The van der Waals surface area contributed by atoms with Crippen LogP contribution in [-0.2, 0) is 11.2 Å². The first-order valence-corrected chi connectivity index (χ1v) is 8.93. The van der Waals surface area contributed by atoms with E-state index in [1.807, 2.05) is 41.3 Å². The second kappa shape index (κ2) is 10.2. The van der Waals surface area contributed by atoms with Gasteiger partial charge in [-0.15, -0.1) is 12.4 Å². The highest BCUT2D eigenvalue weighted by atomic mass is 35.5. The largest absolute Gasteiger partial charge is 0.316 e. The van der Waals surface area contributed by atoms with Crippen LogP contribution in [0.5, 0.6) is 0 Å². The molecule has 4 heteroatoms. The van der Waals surface area contributed by atoms with E-state index >= 15 is 0 Å². The van der Waals surface area contributed by atoms with Crippen molar-refractivity contribution in [2.75, 3.05) is 24.5 Å². The molecule has 134 valence electrons. The molecule has 3 rings (SSSR count). The minimum absolute atomic E-state index is 0.